The molecule has 0 fully saturated rings. The number of carbonyl (C=O) groups is 2. The van der Waals surface area contributed by atoms with Crippen molar-refractivity contribution >= 4 is 57.2 Å². The summed E-state index contributed by atoms with van der Waals surface area (Å²) in [6.45, 7) is 0. The summed E-state index contributed by atoms with van der Waals surface area (Å²) in [6, 6.07) is 9.07. The van der Waals surface area contributed by atoms with E-state index in [1.807, 2.05) is 0 Å². The van der Waals surface area contributed by atoms with Gasteiger partial charge in [-0.15, -0.1) is 23.1 Å². The molecule has 27 heavy (non-hydrogen) atoms. The molecule has 0 spiro atoms. The Balaban J connectivity index is 1.47. The molecule has 140 valence electrons. The standard InChI is InChI=1S/C19H18ClN3O2S2/c20-12-5-7-13(8-6-12)22-17(24)10-26-11-18(25)23-19-15(9-21)14-3-1-2-4-16(14)27-19/h5-8H,1-4,10-11H2,(H,22,24)(H,23,25). The number of nitriles is 1. The number of thiophene rings is 1. The first-order chi connectivity index (χ1) is 13.1. The van der Waals surface area contributed by atoms with Crippen LogP contribution in [-0.4, -0.2) is 23.3 Å². The lowest BCUT2D eigenvalue weighted by molar-refractivity contribution is -0.114. The molecule has 0 aliphatic heterocycles. The molecule has 2 N–H and O–H groups in total. The van der Waals surface area contributed by atoms with Gasteiger partial charge in [0, 0.05) is 15.6 Å². The maximum absolute atomic E-state index is 12.2. The van der Waals surface area contributed by atoms with Gasteiger partial charge in [0.05, 0.1) is 17.1 Å². The Labute approximate surface area is 171 Å². The molecule has 1 heterocycles. The molecule has 1 aromatic carbocycles. The van der Waals surface area contributed by atoms with Crippen LogP contribution in [0.2, 0.25) is 5.02 Å². The molecular weight excluding hydrogens is 402 g/mol. The van der Waals surface area contributed by atoms with Crippen LogP contribution in [0.15, 0.2) is 24.3 Å². The molecule has 8 heteroatoms. The number of hydrogen-bond acceptors (Lipinski definition) is 5. The van der Waals surface area contributed by atoms with Gasteiger partial charge in [0.15, 0.2) is 0 Å². The zero-order valence-corrected chi connectivity index (χ0v) is 16.9. The van der Waals surface area contributed by atoms with Crippen molar-refractivity contribution in [3.05, 3.63) is 45.3 Å². The molecule has 0 saturated heterocycles. The second kappa shape index (κ2) is 9.27. The maximum atomic E-state index is 12.2. The Hall–Kier alpha value is -2.01. The van der Waals surface area contributed by atoms with E-state index in [4.69, 9.17) is 11.6 Å². The number of halogens is 1. The van der Waals surface area contributed by atoms with Crippen molar-refractivity contribution in [2.75, 3.05) is 22.1 Å². The number of nitrogens with one attached hydrogen (secondary N) is 2. The second-order valence-corrected chi connectivity index (χ2v) is 8.65. The fraction of sp³-hybridized carbons (Fsp3) is 0.316. The zero-order valence-electron chi connectivity index (χ0n) is 14.5. The number of amides is 2. The van der Waals surface area contributed by atoms with Gasteiger partial charge < -0.3 is 10.6 Å². The third kappa shape index (κ3) is 5.25. The third-order valence-electron chi connectivity index (χ3n) is 4.13. The quantitative estimate of drug-likeness (QED) is 0.724. The highest BCUT2D eigenvalue weighted by Crippen LogP contribution is 2.37. The fourth-order valence-electron chi connectivity index (χ4n) is 2.90. The van der Waals surface area contributed by atoms with Crippen LogP contribution in [0.4, 0.5) is 10.7 Å². The van der Waals surface area contributed by atoms with Gasteiger partial charge in [0.1, 0.15) is 11.1 Å². The van der Waals surface area contributed by atoms with Crippen molar-refractivity contribution in [2.45, 2.75) is 25.7 Å². The molecule has 1 aliphatic rings. The maximum Gasteiger partial charge on any atom is 0.235 e. The average Bonchev–Trinajstić information content (AvgIpc) is 3.00. The molecule has 3 rings (SSSR count). The van der Waals surface area contributed by atoms with Crippen LogP contribution in [0.5, 0.6) is 0 Å². The van der Waals surface area contributed by atoms with E-state index in [1.165, 1.54) is 28.0 Å². The van der Waals surface area contributed by atoms with Crippen molar-refractivity contribution < 1.29 is 9.59 Å². The summed E-state index contributed by atoms with van der Waals surface area (Å²) in [6.07, 6.45) is 4.10. The van der Waals surface area contributed by atoms with Crippen molar-refractivity contribution in [3.63, 3.8) is 0 Å². The number of rotatable bonds is 6. The number of fused-ring (bicyclic) bond motifs is 1. The minimum absolute atomic E-state index is 0.154. The van der Waals surface area contributed by atoms with Gasteiger partial charge in [0.25, 0.3) is 0 Å². The van der Waals surface area contributed by atoms with Crippen molar-refractivity contribution in [3.8, 4) is 6.07 Å². The van der Waals surface area contributed by atoms with E-state index in [2.05, 4.69) is 16.7 Å². The van der Waals surface area contributed by atoms with Crippen LogP contribution < -0.4 is 10.6 Å². The predicted molar refractivity (Wildman–Crippen MR) is 112 cm³/mol. The molecule has 0 atom stereocenters. The highest BCUT2D eigenvalue weighted by molar-refractivity contribution is 8.00. The zero-order chi connectivity index (χ0) is 19.2. The minimum atomic E-state index is -0.200. The van der Waals surface area contributed by atoms with Crippen LogP contribution >= 0.6 is 34.7 Å². The fourth-order valence-corrected chi connectivity index (χ4v) is 4.90. The number of aryl methyl sites for hydroxylation is 1. The van der Waals surface area contributed by atoms with Gasteiger partial charge in [0.2, 0.25) is 11.8 Å². The van der Waals surface area contributed by atoms with Crippen molar-refractivity contribution in [1.82, 2.24) is 0 Å². The number of anilines is 2. The average molecular weight is 420 g/mol. The van der Waals surface area contributed by atoms with E-state index in [0.717, 1.165) is 31.2 Å². The number of nitrogens with zero attached hydrogens (tertiary/aromatic N) is 1. The van der Waals surface area contributed by atoms with Crippen LogP contribution in [0.1, 0.15) is 28.8 Å². The Kier molecular flexibility index (Phi) is 6.78. The molecule has 0 bridgehead atoms. The first kappa shape index (κ1) is 19.7. The number of thioether (sulfide) groups is 1. The SMILES string of the molecule is N#Cc1c(NC(=O)CSCC(=O)Nc2ccc(Cl)cc2)sc2c1CCCC2. The van der Waals surface area contributed by atoms with Crippen LogP contribution in [0, 0.1) is 11.3 Å². The molecule has 1 aromatic heterocycles. The van der Waals surface area contributed by atoms with Gasteiger partial charge >= 0.3 is 0 Å². The third-order valence-corrected chi connectivity index (χ3v) is 6.52. The summed E-state index contributed by atoms with van der Waals surface area (Å²) in [4.78, 5) is 25.3. The number of carbonyl (C=O) groups excluding carboxylic acids is 2. The molecule has 2 amide bonds. The topological polar surface area (TPSA) is 82.0 Å². The summed E-state index contributed by atoms with van der Waals surface area (Å²) >= 11 is 8.54. The smallest absolute Gasteiger partial charge is 0.235 e. The van der Waals surface area contributed by atoms with Gasteiger partial charge in [-0.1, -0.05) is 11.6 Å². The lowest BCUT2D eigenvalue weighted by Gasteiger charge is -2.09. The molecular formula is C19H18ClN3O2S2. The summed E-state index contributed by atoms with van der Waals surface area (Å²) in [5.41, 5.74) is 2.37. The van der Waals surface area contributed by atoms with E-state index in [9.17, 15) is 14.9 Å². The van der Waals surface area contributed by atoms with Crippen LogP contribution in [-0.2, 0) is 22.4 Å². The molecule has 0 unspecified atom stereocenters. The van der Waals surface area contributed by atoms with Gasteiger partial charge in [-0.25, -0.2) is 0 Å². The Morgan fingerprint density at radius 1 is 1.11 bits per heavy atom. The van der Waals surface area contributed by atoms with E-state index >= 15 is 0 Å². The highest BCUT2D eigenvalue weighted by Gasteiger charge is 2.21. The normalized spacial score (nSPS) is 12.7. The first-order valence-electron chi connectivity index (χ1n) is 8.54. The van der Waals surface area contributed by atoms with E-state index < -0.39 is 0 Å². The molecule has 1 aliphatic carbocycles. The molecule has 0 radical (unpaired) electrons. The van der Waals surface area contributed by atoms with Gasteiger partial charge in [-0.2, -0.15) is 5.26 Å². The molecule has 2 aromatic rings. The highest BCUT2D eigenvalue weighted by atomic mass is 35.5. The van der Waals surface area contributed by atoms with E-state index in [-0.39, 0.29) is 23.3 Å². The lowest BCUT2D eigenvalue weighted by Crippen LogP contribution is -2.18. The second-order valence-electron chi connectivity index (χ2n) is 6.12. The monoisotopic (exact) mass is 419 g/mol. The summed E-state index contributed by atoms with van der Waals surface area (Å²) < 4.78 is 0. The van der Waals surface area contributed by atoms with E-state index in [0.29, 0.717) is 21.3 Å². The number of hydrogen-bond donors (Lipinski definition) is 2. The van der Waals surface area contributed by atoms with Crippen LogP contribution in [0.3, 0.4) is 0 Å². The Morgan fingerprint density at radius 3 is 2.48 bits per heavy atom. The Morgan fingerprint density at radius 2 is 1.78 bits per heavy atom. The predicted octanol–water partition coefficient (Wildman–Crippen LogP) is 4.46. The van der Waals surface area contributed by atoms with E-state index in [1.54, 1.807) is 24.3 Å². The number of benzene rings is 1. The first-order valence-corrected chi connectivity index (χ1v) is 10.9. The summed E-state index contributed by atoms with van der Waals surface area (Å²) in [5.74, 6) is -0.0577. The largest absolute Gasteiger partial charge is 0.325 e. The summed E-state index contributed by atoms with van der Waals surface area (Å²) in [5, 5.41) is 16.3. The molecule has 5 nitrogen and oxygen atoms in total. The van der Waals surface area contributed by atoms with Crippen LogP contribution in [0.25, 0.3) is 0 Å². The van der Waals surface area contributed by atoms with Crippen molar-refractivity contribution in [1.29, 1.82) is 5.26 Å². The molecule has 0 saturated carbocycles. The van der Waals surface area contributed by atoms with Gasteiger partial charge in [-0.05, 0) is 55.5 Å². The van der Waals surface area contributed by atoms with Crippen molar-refractivity contribution in [2.24, 2.45) is 0 Å². The summed E-state index contributed by atoms with van der Waals surface area (Å²) in [7, 11) is 0. The van der Waals surface area contributed by atoms with Gasteiger partial charge in [-0.3, -0.25) is 9.59 Å². The lowest BCUT2D eigenvalue weighted by atomic mass is 9.96. The minimum Gasteiger partial charge on any atom is -0.325 e. The Bertz CT molecular complexity index is 888.